The molecule has 0 aliphatic rings. The maximum Gasteiger partial charge on any atom is 0.191 e. The second-order valence-electron chi connectivity index (χ2n) is 5.42. The first-order valence-electron chi connectivity index (χ1n) is 7.83. The van der Waals surface area contributed by atoms with E-state index in [4.69, 9.17) is 0 Å². The monoisotopic (exact) mass is 339 g/mol. The van der Waals surface area contributed by atoms with E-state index in [9.17, 15) is 0 Å². The highest BCUT2D eigenvalue weighted by atomic mass is 32.1. The molecule has 0 fully saturated rings. The van der Waals surface area contributed by atoms with E-state index in [0.29, 0.717) is 6.54 Å². The first-order valence-corrected chi connectivity index (χ1v) is 8.71. The van der Waals surface area contributed by atoms with Crippen LogP contribution in [0.3, 0.4) is 0 Å². The Bertz CT molecular complexity index is 804. The number of benzene rings is 1. The Labute approximate surface area is 145 Å². The summed E-state index contributed by atoms with van der Waals surface area (Å²) in [6, 6.07) is 12.3. The lowest BCUT2D eigenvalue weighted by Crippen LogP contribution is -2.36. The summed E-state index contributed by atoms with van der Waals surface area (Å²) in [5, 5.41) is 8.72. The molecule has 1 aromatic carbocycles. The molecule has 2 heterocycles. The molecule has 0 saturated carbocycles. The Morgan fingerprint density at radius 1 is 1.17 bits per heavy atom. The van der Waals surface area contributed by atoms with Crippen LogP contribution in [0.25, 0.3) is 11.3 Å². The molecule has 0 unspecified atom stereocenters. The Morgan fingerprint density at radius 3 is 2.67 bits per heavy atom. The molecule has 0 aliphatic carbocycles. The minimum absolute atomic E-state index is 0.593. The van der Waals surface area contributed by atoms with Crippen LogP contribution in [-0.2, 0) is 13.1 Å². The fourth-order valence-electron chi connectivity index (χ4n) is 2.35. The number of aryl methyl sites for hydroxylation is 1. The van der Waals surface area contributed by atoms with Gasteiger partial charge in [0.15, 0.2) is 5.96 Å². The molecule has 2 aromatic heterocycles. The van der Waals surface area contributed by atoms with E-state index in [-0.39, 0.29) is 0 Å². The molecule has 5 nitrogen and oxygen atoms in total. The standard InChI is InChI=1S/C18H21N5S/c1-13-8-9-24-16(13)11-21-18(19-2)22-12-17-20-10-15(23-17)14-6-4-3-5-7-14/h3-10H,11-12H2,1-2H3,(H,20,23)(H2,19,21,22). The first-order chi connectivity index (χ1) is 11.8. The predicted molar refractivity (Wildman–Crippen MR) is 100 cm³/mol. The van der Waals surface area contributed by atoms with Crippen LogP contribution < -0.4 is 10.6 Å². The molecule has 3 N–H and O–H groups in total. The van der Waals surface area contributed by atoms with E-state index >= 15 is 0 Å². The van der Waals surface area contributed by atoms with Crippen LogP contribution >= 0.6 is 11.3 Å². The van der Waals surface area contributed by atoms with Crippen molar-refractivity contribution >= 4 is 17.3 Å². The number of hydrogen-bond acceptors (Lipinski definition) is 3. The lowest BCUT2D eigenvalue weighted by atomic mass is 10.2. The lowest BCUT2D eigenvalue weighted by Gasteiger charge is -2.10. The van der Waals surface area contributed by atoms with Crippen LogP contribution in [0.5, 0.6) is 0 Å². The van der Waals surface area contributed by atoms with Gasteiger partial charge in [-0.05, 0) is 29.5 Å². The number of nitrogens with zero attached hydrogens (tertiary/aromatic N) is 2. The van der Waals surface area contributed by atoms with Gasteiger partial charge in [0.25, 0.3) is 0 Å². The van der Waals surface area contributed by atoms with Crippen molar-refractivity contribution in [3.05, 3.63) is 64.2 Å². The fraction of sp³-hybridized carbons (Fsp3) is 0.222. The summed E-state index contributed by atoms with van der Waals surface area (Å²) in [7, 11) is 1.77. The Kier molecular flexibility index (Phi) is 5.28. The van der Waals surface area contributed by atoms with Gasteiger partial charge in [0.1, 0.15) is 5.82 Å². The van der Waals surface area contributed by atoms with Crippen molar-refractivity contribution in [2.75, 3.05) is 7.05 Å². The fourth-order valence-corrected chi connectivity index (χ4v) is 3.20. The van der Waals surface area contributed by atoms with Gasteiger partial charge < -0.3 is 15.6 Å². The third-order valence-corrected chi connectivity index (χ3v) is 4.77. The molecule has 124 valence electrons. The van der Waals surface area contributed by atoms with Crippen LogP contribution in [0, 0.1) is 6.92 Å². The molecule has 24 heavy (non-hydrogen) atoms. The molecule has 0 aliphatic heterocycles. The van der Waals surface area contributed by atoms with Crippen molar-refractivity contribution in [1.82, 2.24) is 20.6 Å². The Morgan fingerprint density at radius 2 is 1.96 bits per heavy atom. The molecule has 3 rings (SSSR count). The number of thiophene rings is 1. The van der Waals surface area contributed by atoms with Gasteiger partial charge >= 0.3 is 0 Å². The molecular weight excluding hydrogens is 318 g/mol. The zero-order valence-electron chi connectivity index (χ0n) is 13.8. The number of hydrogen-bond donors (Lipinski definition) is 3. The number of H-pyrrole nitrogens is 1. The number of nitrogens with one attached hydrogen (secondary N) is 3. The van der Waals surface area contributed by atoms with Crippen molar-refractivity contribution in [1.29, 1.82) is 0 Å². The smallest absolute Gasteiger partial charge is 0.191 e. The van der Waals surface area contributed by atoms with Crippen LogP contribution in [0.1, 0.15) is 16.3 Å². The third kappa shape index (κ3) is 4.02. The minimum atomic E-state index is 0.593. The highest BCUT2D eigenvalue weighted by molar-refractivity contribution is 7.10. The Hall–Kier alpha value is -2.60. The van der Waals surface area contributed by atoms with E-state index < -0.39 is 0 Å². The first kappa shape index (κ1) is 16.3. The largest absolute Gasteiger partial charge is 0.352 e. The van der Waals surface area contributed by atoms with E-state index in [0.717, 1.165) is 29.6 Å². The summed E-state index contributed by atoms with van der Waals surface area (Å²) in [6.07, 6.45) is 1.86. The van der Waals surface area contributed by atoms with Gasteiger partial charge in [0, 0.05) is 11.9 Å². The molecule has 0 spiro atoms. The summed E-state index contributed by atoms with van der Waals surface area (Å²) in [5.41, 5.74) is 3.46. The molecule has 0 amide bonds. The topological polar surface area (TPSA) is 65.1 Å². The van der Waals surface area contributed by atoms with Crippen molar-refractivity contribution in [2.45, 2.75) is 20.0 Å². The van der Waals surface area contributed by atoms with E-state index in [1.165, 1.54) is 10.4 Å². The number of aromatic nitrogens is 2. The highest BCUT2D eigenvalue weighted by Crippen LogP contribution is 2.16. The summed E-state index contributed by atoms with van der Waals surface area (Å²) in [6.45, 7) is 3.49. The van der Waals surface area contributed by atoms with Crippen LogP contribution in [0.2, 0.25) is 0 Å². The summed E-state index contributed by atoms with van der Waals surface area (Å²) in [5.74, 6) is 1.64. The van der Waals surface area contributed by atoms with E-state index in [1.54, 1.807) is 18.4 Å². The molecular formula is C18H21N5S. The van der Waals surface area contributed by atoms with Crippen molar-refractivity contribution in [3.8, 4) is 11.3 Å². The summed E-state index contributed by atoms with van der Waals surface area (Å²) in [4.78, 5) is 13.3. The van der Waals surface area contributed by atoms with Gasteiger partial charge in [0.05, 0.1) is 25.0 Å². The van der Waals surface area contributed by atoms with Crippen LogP contribution in [0.15, 0.2) is 53.0 Å². The average molecular weight is 339 g/mol. The summed E-state index contributed by atoms with van der Waals surface area (Å²) >= 11 is 1.75. The number of imidazole rings is 1. The third-order valence-electron chi connectivity index (χ3n) is 3.74. The van der Waals surface area contributed by atoms with Gasteiger partial charge in [0.2, 0.25) is 0 Å². The predicted octanol–water partition coefficient (Wildman–Crippen LogP) is 3.31. The maximum atomic E-state index is 4.42. The highest BCUT2D eigenvalue weighted by Gasteiger charge is 2.05. The zero-order chi connectivity index (χ0) is 16.8. The normalized spacial score (nSPS) is 11.5. The van der Waals surface area contributed by atoms with Gasteiger partial charge in [-0.2, -0.15) is 0 Å². The van der Waals surface area contributed by atoms with Crippen LogP contribution in [-0.4, -0.2) is 23.0 Å². The number of guanidine groups is 1. The lowest BCUT2D eigenvalue weighted by molar-refractivity contribution is 0.785. The SMILES string of the molecule is CN=C(NCc1ncc(-c2ccccc2)[nH]1)NCc1sccc1C. The maximum absolute atomic E-state index is 4.42. The molecule has 0 radical (unpaired) electrons. The van der Waals surface area contributed by atoms with E-state index in [2.05, 4.69) is 56.1 Å². The molecule has 0 atom stereocenters. The van der Waals surface area contributed by atoms with Crippen molar-refractivity contribution in [3.63, 3.8) is 0 Å². The Balaban J connectivity index is 1.54. The van der Waals surface area contributed by atoms with Crippen molar-refractivity contribution in [2.24, 2.45) is 4.99 Å². The molecule has 3 aromatic rings. The second kappa shape index (κ2) is 7.79. The quantitative estimate of drug-likeness (QED) is 0.493. The van der Waals surface area contributed by atoms with E-state index in [1.807, 2.05) is 24.4 Å². The van der Waals surface area contributed by atoms with Gasteiger partial charge in [-0.1, -0.05) is 30.3 Å². The van der Waals surface area contributed by atoms with Gasteiger partial charge in [-0.3, -0.25) is 4.99 Å². The second-order valence-corrected chi connectivity index (χ2v) is 6.42. The number of rotatable bonds is 5. The number of aromatic amines is 1. The zero-order valence-corrected chi connectivity index (χ0v) is 14.7. The van der Waals surface area contributed by atoms with Crippen molar-refractivity contribution < 1.29 is 0 Å². The van der Waals surface area contributed by atoms with Crippen LogP contribution in [0.4, 0.5) is 0 Å². The minimum Gasteiger partial charge on any atom is -0.352 e. The average Bonchev–Trinajstić information content (AvgIpc) is 3.25. The summed E-state index contributed by atoms with van der Waals surface area (Å²) < 4.78 is 0. The molecule has 0 saturated heterocycles. The molecule has 0 bridgehead atoms. The van der Waals surface area contributed by atoms with Gasteiger partial charge in [-0.15, -0.1) is 11.3 Å². The number of aliphatic imine (C=N–C) groups is 1. The molecule has 6 heteroatoms. The van der Waals surface area contributed by atoms with Gasteiger partial charge in [-0.25, -0.2) is 4.98 Å².